The number of nitrogens with zero attached hydrogens (tertiary/aromatic N) is 4. The van der Waals surface area contributed by atoms with Crippen LogP contribution in [0.3, 0.4) is 0 Å². The van der Waals surface area contributed by atoms with Gasteiger partial charge in [0, 0.05) is 73.1 Å². The van der Waals surface area contributed by atoms with Crippen molar-refractivity contribution in [1.29, 1.82) is 0 Å². The average molecular weight is 1080 g/mol. The number of methoxy groups -OCH3 is 1. The summed E-state index contributed by atoms with van der Waals surface area (Å²) in [6.07, 6.45) is 24.6. The summed E-state index contributed by atoms with van der Waals surface area (Å²) >= 11 is 0. The van der Waals surface area contributed by atoms with E-state index in [1.54, 1.807) is 19.4 Å². The van der Waals surface area contributed by atoms with Gasteiger partial charge in [-0.15, -0.1) is 0 Å². The maximum absolute atomic E-state index is 14.9. The van der Waals surface area contributed by atoms with E-state index < -0.39 is 0 Å². The van der Waals surface area contributed by atoms with Crippen LogP contribution in [0.15, 0.2) is 108 Å². The van der Waals surface area contributed by atoms with E-state index in [1.165, 1.54) is 48.1 Å². The first kappa shape index (κ1) is 68.9. The Morgan fingerprint density at radius 2 is 1.59 bits per heavy atom. The second-order valence-corrected chi connectivity index (χ2v) is 20.0. The lowest BCUT2D eigenvalue weighted by Gasteiger charge is -2.33. The minimum atomic E-state index is -0.314. The molecule has 1 amide bonds. The molecule has 434 valence electrons. The van der Waals surface area contributed by atoms with Crippen LogP contribution in [0, 0.1) is 19.7 Å². The van der Waals surface area contributed by atoms with Gasteiger partial charge in [-0.05, 0) is 183 Å². The Balaban J connectivity index is 0.000000479. The molecule has 6 rings (SSSR count). The maximum Gasteiger partial charge on any atom is 0.246 e. The van der Waals surface area contributed by atoms with E-state index in [2.05, 4.69) is 140 Å². The number of Topliss-reactive ketones (excluding diaryl/α,β-unsaturated/α-hetero) is 1. The van der Waals surface area contributed by atoms with Gasteiger partial charge in [-0.25, -0.2) is 9.37 Å². The Hall–Kier alpha value is -6.17. The predicted octanol–water partition coefficient (Wildman–Crippen LogP) is 17.0. The Labute approximate surface area is 478 Å². The number of rotatable bonds is 20. The van der Waals surface area contributed by atoms with Crippen LogP contribution in [0.2, 0.25) is 0 Å². The smallest absolute Gasteiger partial charge is 0.246 e. The largest absolute Gasteiger partial charge is 0.495 e. The number of ether oxygens (including phenoxy) is 1. The van der Waals surface area contributed by atoms with Crippen molar-refractivity contribution in [2.45, 2.75) is 180 Å². The quantitative estimate of drug-likeness (QED) is 0.0588. The second kappa shape index (κ2) is 37.7. The van der Waals surface area contributed by atoms with E-state index in [-0.39, 0.29) is 29.6 Å². The molecular formula is C68H102FN7O3. The highest BCUT2D eigenvalue weighted by Crippen LogP contribution is 2.36. The number of benzene rings is 2. The molecule has 3 N–H and O–H groups in total. The number of amides is 1. The topological polar surface area (TPSA) is 112 Å². The molecule has 1 saturated heterocycles. The fraction of sp³-hybridized carbons (Fsp3) is 0.500. The van der Waals surface area contributed by atoms with Gasteiger partial charge in [-0.3, -0.25) is 24.4 Å². The molecule has 2 aliphatic heterocycles. The Kier molecular flexibility index (Phi) is 32.9. The number of likely N-dealkylation sites (tertiary alicyclic amines) is 1. The molecule has 4 aromatic rings. The van der Waals surface area contributed by atoms with Crippen molar-refractivity contribution in [3.8, 4) is 16.9 Å². The summed E-state index contributed by atoms with van der Waals surface area (Å²) in [7, 11) is 3.56. The zero-order valence-electron chi connectivity index (χ0n) is 52.1. The van der Waals surface area contributed by atoms with E-state index in [9.17, 15) is 14.0 Å². The zero-order valence-corrected chi connectivity index (χ0v) is 52.1. The number of pyridine rings is 2. The third-order valence-electron chi connectivity index (χ3n) is 14.5. The number of piperidine rings is 1. The molecule has 0 aliphatic carbocycles. The first-order chi connectivity index (χ1) is 38.0. The Morgan fingerprint density at radius 1 is 0.899 bits per heavy atom. The van der Waals surface area contributed by atoms with Crippen LogP contribution in [0.4, 0.5) is 15.9 Å². The molecule has 2 aromatic heterocycles. The Bertz CT molecular complexity index is 2600. The highest BCUT2D eigenvalue weighted by Gasteiger charge is 2.25. The van der Waals surface area contributed by atoms with Gasteiger partial charge in [0.1, 0.15) is 23.4 Å². The van der Waals surface area contributed by atoms with Gasteiger partial charge in [-0.1, -0.05) is 122 Å². The van der Waals surface area contributed by atoms with Gasteiger partial charge in [0.25, 0.3) is 0 Å². The van der Waals surface area contributed by atoms with Gasteiger partial charge in [0.2, 0.25) is 5.91 Å². The number of hydrogen-bond donors (Lipinski definition) is 3. The van der Waals surface area contributed by atoms with Gasteiger partial charge < -0.3 is 20.7 Å². The van der Waals surface area contributed by atoms with Crippen LogP contribution >= 0.6 is 0 Å². The minimum Gasteiger partial charge on any atom is -0.495 e. The molecule has 79 heavy (non-hydrogen) atoms. The highest BCUT2D eigenvalue weighted by atomic mass is 19.1. The van der Waals surface area contributed by atoms with E-state index in [4.69, 9.17) is 4.74 Å². The molecule has 4 heterocycles. The van der Waals surface area contributed by atoms with Crippen LogP contribution in [-0.4, -0.2) is 90.4 Å². The first-order valence-corrected chi connectivity index (χ1v) is 29.5. The lowest BCUT2D eigenvalue weighted by molar-refractivity contribution is -0.121. The second-order valence-electron chi connectivity index (χ2n) is 20.0. The number of aryl methyl sites for hydroxylation is 2. The Morgan fingerprint density at radius 3 is 2.13 bits per heavy atom. The lowest BCUT2D eigenvalue weighted by atomic mass is 9.89. The number of halogens is 1. The van der Waals surface area contributed by atoms with Crippen LogP contribution in [0.1, 0.15) is 193 Å². The number of carbonyl (C=O) groups is 2. The number of nitrogens with one attached hydrogen (secondary N) is 3. The summed E-state index contributed by atoms with van der Waals surface area (Å²) < 4.78 is 20.6. The maximum atomic E-state index is 14.9. The number of unbranched alkanes of at least 4 members (excludes halogenated alkanes) is 1. The van der Waals surface area contributed by atoms with Crippen LogP contribution in [0.25, 0.3) is 22.8 Å². The molecule has 0 bridgehead atoms. The monoisotopic (exact) mass is 1080 g/mol. The van der Waals surface area contributed by atoms with Gasteiger partial charge in [-0.2, -0.15) is 0 Å². The molecule has 2 unspecified atom stereocenters. The summed E-state index contributed by atoms with van der Waals surface area (Å²) in [6.45, 7) is 37.5. The van der Waals surface area contributed by atoms with Gasteiger partial charge in [0.15, 0.2) is 5.78 Å². The molecule has 0 saturated carbocycles. The fourth-order valence-corrected chi connectivity index (χ4v) is 9.38. The molecule has 10 nitrogen and oxygen atoms in total. The molecular weight excluding hydrogens is 982 g/mol. The van der Waals surface area contributed by atoms with Crippen molar-refractivity contribution in [2.24, 2.45) is 0 Å². The van der Waals surface area contributed by atoms with Crippen molar-refractivity contribution < 1.29 is 18.7 Å². The normalized spacial score (nSPS) is 15.1. The number of hydrogen-bond acceptors (Lipinski definition) is 9. The number of carbonyl (C=O) groups excluding carboxylic acids is 2. The number of anilines is 2. The summed E-state index contributed by atoms with van der Waals surface area (Å²) in [4.78, 5) is 38.2. The minimum absolute atomic E-state index is 0.0251. The predicted molar refractivity (Wildman–Crippen MR) is 338 cm³/mol. The number of aromatic nitrogens is 2. The first-order valence-electron chi connectivity index (χ1n) is 29.5. The van der Waals surface area contributed by atoms with Gasteiger partial charge >= 0.3 is 0 Å². The summed E-state index contributed by atoms with van der Waals surface area (Å²) in [5.74, 6) is 1.71. The van der Waals surface area contributed by atoms with Crippen LogP contribution < -0.4 is 20.7 Å². The molecule has 2 aromatic carbocycles. The van der Waals surface area contributed by atoms with Crippen molar-refractivity contribution in [2.75, 3.05) is 57.5 Å². The average Bonchev–Trinajstić information content (AvgIpc) is 3.49. The summed E-state index contributed by atoms with van der Waals surface area (Å²) in [5, 5.41) is 9.30. The lowest BCUT2D eigenvalue weighted by Crippen LogP contribution is -2.37. The molecule has 2 atom stereocenters. The number of ketones is 1. The summed E-state index contributed by atoms with van der Waals surface area (Å²) in [6, 6.07) is 15.6. The molecule has 11 heteroatoms. The molecule has 2 aliphatic rings. The van der Waals surface area contributed by atoms with E-state index in [1.807, 2.05) is 86.1 Å². The van der Waals surface area contributed by atoms with E-state index >= 15 is 0 Å². The SMILES string of the molecule is CC.CC.CC=CNC(=O)C(CCC)Nc1ccc(C2CCN(CC(/C=C(\C)CC)=C/C)CC2)cc1OC.CCCC.CNc1ccc(-c2ccnc(C)c2/C=C(\C)C(C)N2CC=C(c3c(C)cc(C(C)=O)cc3F)CC2)cn1. The fourth-order valence-electron chi connectivity index (χ4n) is 9.38. The van der Waals surface area contributed by atoms with Crippen LogP contribution in [-0.2, 0) is 4.79 Å². The third kappa shape index (κ3) is 21.8. The highest BCUT2D eigenvalue weighted by molar-refractivity contribution is 5.95. The van der Waals surface area contributed by atoms with Gasteiger partial charge in [0.05, 0.1) is 12.8 Å². The van der Waals surface area contributed by atoms with Crippen molar-refractivity contribution in [3.05, 3.63) is 147 Å². The number of allylic oxidation sites excluding steroid dienone is 3. The summed E-state index contributed by atoms with van der Waals surface area (Å²) in [5.41, 5.74) is 13.4. The van der Waals surface area contributed by atoms with Crippen molar-refractivity contribution in [3.63, 3.8) is 0 Å². The third-order valence-corrected chi connectivity index (χ3v) is 14.5. The van der Waals surface area contributed by atoms with E-state index in [0.29, 0.717) is 17.0 Å². The zero-order chi connectivity index (χ0) is 59.0. The molecule has 0 radical (unpaired) electrons. The standard InChI is InChI=1S/C31H35FN4O.C29H45N3O2.C4H10.2C2H6/c1-19(16-28-21(3)34-12-9-27(28)25-7-8-30(33-6)35-18-25)22(4)36-13-10-24(11-14-36)31-20(2)15-26(23(5)37)17-29(31)32;1-7-11-27(29(33)30-16-8-2)31-26-13-12-25(20-28(26)34-6)24-14-17-32(18-15-24)21-23(10-4)19-22(5)9-3;1-3-4-2;2*1-2/h7-10,12,15-18,22H,11,13-14H2,1-6H3,(H,33,35);8,10,12-13,16,19-20,24,27,31H,7,9,11,14-15,17-18,21H2,1-6H3,(H,30,33);3-4H2,1-2H3;2*1-2H3/b19-16+;16-8?,22-19+,23-10+;;;. The van der Waals surface area contributed by atoms with Crippen molar-refractivity contribution in [1.82, 2.24) is 25.1 Å². The van der Waals surface area contributed by atoms with Crippen LogP contribution in [0.5, 0.6) is 5.75 Å². The van der Waals surface area contributed by atoms with E-state index in [0.717, 1.165) is 122 Å². The van der Waals surface area contributed by atoms with Crippen molar-refractivity contribution >= 4 is 34.8 Å². The molecule has 1 fully saturated rings. The molecule has 0 spiro atoms.